The topological polar surface area (TPSA) is 125 Å². The van der Waals surface area contributed by atoms with Gasteiger partial charge in [-0.2, -0.15) is 0 Å². The van der Waals surface area contributed by atoms with Gasteiger partial charge in [0.05, 0.1) is 24.5 Å². The van der Waals surface area contributed by atoms with E-state index in [0.717, 1.165) is 16.8 Å². The van der Waals surface area contributed by atoms with Crippen molar-refractivity contribution in [3.63, 3.8) is 0 Å². The maximum absolute atomic E-state index is 14.8. The molecule has 262 valence electrons. The van der Waals surface area contributed by atoms with E-state index in [0.29, 0.717) is 50.6 Å². The lowest BCUT2D eigenvalue weighted by Crippen LogP contribution is -2.56. The number of carbonyl (C=O) groups excluding carboxylic acids is 4. The van der Waals surface area contributed by atoms with Gasteiger partial charge in [-0.15, -0.1) is 13.2 Å². The molecule has 3 saturated heterocycles. The number of aliphatic hydroxyl groups is 1. The quantitative estimate of drug-likeness (QED) is 0.142. The number of nitrogens with zero attached hydrogens (tertiary/aromatic N) is 2. The van der Waals surface area contributed by atoms with Crippen LogP contribution in [0, 0.1) is 25.7 Å². The summed E-state index contributed by atoms with van der Waals surface area (Å²) in [4.78, 5) is 59.3. The van der Waals surface area contributed by atoms with Gasteiger partial charge in [-0.3, -0.25) is 19.2 Å². The maximum Gasteiger partial charge on any atom is 0.313 e. The highest BCUT2D eigenvalue weighted by atomic mass is 16.6. The van der Waals surface area contributed by atoms with Crippen molar-refractivity contribution >= 4 is 29.4 Å². The maximum atomic E-state index is 14.8. The molecule has 0 aromatic heterocycles. The van der Waals surface area contributed by atoms with E-state index in [1.807, 2.05) is 62.4 Å². The zero-order chi connectivity index (χ0) is 35.1. The SMILES string of the molecule is C=CCCC(=O)NC[C@H](OC(=O)[C@@H]1[C@@H]2CC[C@]3(O2)[C@H](C(=O)N(CC=C)c2cc(C)ccc2C)N(CCCCCO)C(=O)[C@@H]13)c1ccccc1. The molecule has 3 amide bonds. The Balaban J connectivity index is 1.46. The number of fused-ring (bicyclic) bond motifs is 1. The molecule has 3 fully saturated rings. The lowest BCUT2D eigenvalue weighted by Gasteiger charge is -2.37. The van der Waals surface area contributed by atoms with Crippen molar-refractivity contribution in [3.05, 3.63) is 90.5 Å². The van der Waals surface area contributed by atoms with Crippen LogP contribution >= 0.6 is 0 Å². The third-order valence-corrected chi connectivity index (χ3v) is 10.1. The van der Waals surface area contributed by atoms with Crippen molar-refractivity contribution < 1.29 is 33.8 Å². The number of likely N-dealkylation sites (tertiary alicyclic amines) is 1. The molecule has 0 radical (unpaired) electrons. The summed E-state index contributed by atoms with van der Waals surface area (Å²) in [5.41, 5.74) is 2.16. The first-order chi connectivity index (χ1) is 23.7. The second-order valence-corrected chi connectivity index (χ2v) is 13.4. The van der Waals surface area contributed by atoms with Crippen molar-refractivity contribution in [1.29, 1.82) is 0 Å². The number of hydrogen-bond acceptors (Lipinski definition) is 7. The first-order valence-corrected chi connectivity index (χ1v) is 17.4. The van der Waals surface area contributed by atoms with Gasteiger partial charge in [0.2, 0.25) is 11.8 Å². The molecule has 0 unspecified atom stereocenters. The van der Waals surface area contributed by atoms with Crippen LogP contribution in [0.2, 0.25) is 0 Å². The van der Waals surface area contributed by atoms with E-state index < -0.39 is 41.7 Å². The van der Waals surface area contributed by atoms with E-state index in [-0.39, 0.29) is 43.8 Å². The fraction of sp³-hybridized carbons (Fsp3) is 0.487. The molecule has 3 heterocycles. The molecule has 3 aliphatic rings. The molecule has 49 heavy (non-hydrogen) atoms. The number of unbranched alkanes of at least 4 members (excludes halogenated alkanes) is 2. The number of aliphatic hydroxyl groups excluding tert-OH is 1. The Morgan fingerprint density at radius 3 is 2.61 bits per heavy atom. The summed E-state index contributed by atoms with van der Waals surface area (Å²) in [6, 6.07) is 14.2. The molecule has 2 aromatic rings. The molecule has 5 rings (SSSR count). The predicted molar refractivity (Wildman–Crippen MR) is 186 cm³/mol. The minimum atomic E-state index is -1.20. The normalized spacial score (nSPS) is 24.3. The average Bonchev–Trinajstić information content (AvgIpc) is 3.75. The van der Waals surface area contributed by atoms with Crippen LogP contribution in [0.25, 0.3) is 0 Å². The van der Waals surface area contributed by atoms with E-state index in [2.05, 4.69) is 18.5 Å². The van der Waals surface area contributed by atoms with Crippen LogP contribution in [0.1, 0.15) is 67.7 Å². The van der Waals surface area contributed by atoms with Crippen LogP contribution in [0.15, 0.2) is 73.8 Å². The summed E-state index contributed by atoms with van der Waals surface area (Å²) in [6.07, 6.45) is 5.58. The molecule has 1 spiro atoms. The summed E-state index contributed by atoms with van der Waals surface area (Å²) < 4.78 is 12.8. The van der Waals surface area contributed by atoms with Crippen LogP contribution in [0.4, 0.5) is 5.69 Å². The van der Waals surface area contributed by atoms with E-state index >= 15 is 0 Å². The van der Waals surface area contributed by atoms with E-state index in [4.69, 9.17) is 9.47 Å². The monoisotopic (exact) mass is 671 g/mol. The van der Waals surface area contributed by atoms with Crippen LogP contribution in [0.5, 0.6) is 0 Å². The number of benzene rings is 2. The number of carbonyl (C=O) groups is 4. The van der Waals surface area contributed by atoms with E-state index in [1.165, 1.54) is 0 Å². The van der Waals surface area contributed by atoms with Gasteiger partial charge >= 0.3 is 5.97 Å². The molecule has 6 atom stereocenters. The Labute approximate surface area is 289 Å². The Morgan fingerprint density at radius 2 is 1.90 bits per heavy atom. The van der Waals surface area contributed by atoms with Crippen molar-refractivity contribution in [2.24, 2.45) is 11.8 Å². The first kappa shape index (κ1) is 36.0. The summed E-state index contributed by atoms with van der Waals surface area (Å²) in [7, 11) is 0. The smallest absolute Gasteiger partial charge is 0.313 e. The fourth-order valence-corrected chi connectivity index (χ4v) is 7.75. The third-order valence-electron chi connectivity index (χ3n) is 10.1. The number of allylic oxidation sites excluding steroid dienone is 1. The highest BCUT2D eigenvalue weighted by molar-refractivity contribution is 6.05. The van der Waals surface area contributed by atoms with Crippen LogP contribution < -0.4 is 10.2 Å². The number of esters is 1. The van der Waals surface area contributed by atoms with Gasteiger partial charge in [-0.1, -0.05) is 54.6 Å². The van der Waals surface area contributed by atoms with Crippen molar-refractivity contribution in [2.75, 3.05) is 31.1 Å². The number of hydrogen-bond donors (Lipinski definition) is 2. The lowest BCUT2D eigenvalue weighted by atomic mass is 9.70. The fourth-order valence-electron chi connectivity index (χ4n) is 7.75. The second kappa shape index (κ2) is 16.0. The minimum Gasteiger partial charge on any atom is -0.455 e. The van der Waals surface area contributed by atoms with Gasteiger partial charge in [0, 0.05) is 31.8 Å². The van der Waals surface area contributed by atoms with Crippen molar-refractivity contribution in [1.82, 2.24) is 10.2 Å². The number of rotatable bonds is 17. The van der Waals surface area contributed by atoms with Crippen molar-refractivity contribution in [2.45, 2.75) is 82.6 Å². The molecule has 3 aliphatic heterocycles. The highest BCUT2D eigenvalue weighted by Gasteiger charge is 2.75. The molecule has 2 N–H and O–H groups in total. The number of ether oxygens (including phenoxy) is 2. The summed E-state index contributed by atoms with van der Waals surface area (Å²) >= 11 is 0. The van der Waals surface area contributed by atoms with E-state index in [9.17, 15) is 24.3 Å². The minimum absolute atomic E-state index is 0.0403. The standard InChI is InChI=1S/C39H49N3O7/c1-5-7-16-32(44)40-25-31(28-14-10-8-11-15-28)48-38(47)33-30-19-20-39(49-30)34(33)36(45)42(22-12-9-13-23-43)35(39)37(46)41(21-6-2)29-24-26(3)17-18-27(29)4/h5-6,8,10-11,14-15,17-18,24,30-31,33-35,43H,1-2,7,9,12-13,16,19-23,25H2,3-4H3,(H,40,44)/t30-,31-,33+,34+,35-,39+/m0/s1. The largest absolute Gasteiger partial charge is 0.455 e. The molecule has 0 aliphatic carbocycles. The Morgan fingerprint density at radius 1 is 1.12 bits per heavy atom. The molecule has 10 nitrogen and oxygen atoms in total. The van der Waals surface area contributed by atoms with Crippen LogP contribution in [-0.4, -0.2) is 77.7 Å². The summed E-state index contributed by atoms with van der Waals surface area (Å²) in [6.45, 7) is 12.1. The van der Waals surface area contributed by atoms with Gasteiger partial charge in [0.1, 0.15) is 17.7 Å². The summed E-state index contributed by atoms with van der Waals surface area (Å²) in [5.74, 6) is -3.13. The van der Waals surface area contributed by atoms with Gasteiger partial charge in [-0.25, -0.2) is 0 Å². The molecular formula is C39H49N3O7. The Hall–Kier alpha value is -4.28. The zero-order valence-corrected chi connectivity index (χ0v) is 28.6. The van der Waals surface area contributed by atoms with Gasteiger partial charge in [-0.05, 0) is 75.1 Å². The van der Waals surface area contributed by atoms with Gasteiger partial charge in [0.15, 0.2) is 0 Å². The Kier molecular flexibility index (Phi) is 11.7. The molecule has 0 saturated carbocycles. The number of anilines is 1. The van der Waals surface area contributed by atoms with E-state index in [1.54, 1.807) is 22.0 Å². The highest BCUT2D eigenvalue weighted by Crippen LogP contribution is 2.59. The lowest BCUT2D eigenvalue weighted by molar-refractivity contribution is -0.160. The third kappa shape index (κ3) is 7.35. The average molecular weight is 672 g/mol. The van der Waals surface area contributed by atoms with Crippen LogP contribution in [0.3, 0.4) is 0 Å². The predicted octanol–water partition coefficient (Wildman–Crippen LogP) is 4.73. The molecule has 10 heteroatoms. The van der Waals surface area contributed by atoms with Gasteiger partial charge in [0.25, 0.3) is 5.91 Å². The van der Waals surface area contributed by atoms with Crippen LogP contribution in [-0.2, 0) is 28.7 Å². The van der Waals surface area contributed by atoms with Crippen molar-refractivity contribution in [3.8, 4) is 0 Å². The van der Waals surface area contributed by atoms with Gasteiger partial charge < -0.3 is 29.7 Å². The first-order valence-electron chi connectivity index (χ1n) is 17.4. The molecular weight excluding hydrogens is 622 g/mol. The second-order valence-electron chi connectivity index (χ2n) is 13.4. The number of amides is 3. The number of aryl methyl sites for hydroxylation is 2. The summed E-state index contributed by atoms with van der Waals surface area (Å²) in [5, 5.41) is 12.2. The molecule has 2 bridgehead atoms. The molecule has 2 aromatic carbocycles. The Bertz CT molecular complexity index is 1540. The zero-order valence-electron chi connectivity index (χ0n) is 28.6. The number of nitrogens with one attached hydrogen (secondary N) is 1.